The number of hydrogen-bond acceptors (Lipinski definition) is 5. The van der Waals surface area contributed by atoms with Crippen molar-refractivity contribution in [1.29, 1.82) is 0 Å². The number of hydrogen-bond donors (Lipinski definition) is 2. The Labute approximate surface area is 122 Å². The molecular formula is C14H30N6. The van der Waals surface area contributed by atoms with Crippen molar-refractivity contribution >= 4 is 11.9 Å². The van der Waals surface area contributed by atoms with E-state index < -0.39 is 0 Å². The summed E-state index contributed by atoms with van der Waals surface area (Å²) < 4.78 is 0. The monoisotopic (exact) mass is 282 g/mol. The van der Waals surface area contributed by atoms with E-state index in [9.17, 15) is 0 Å². The van der Waals surface area contributed by atoms with Gasteiger partial charge in [-0.2, -0.15) is 4.98 Å². The number of rotatable bonds is 9. The van der Waals surface area contributed by atoms with Gasteiger partial charge in [0.1, 0.15) is 0 Å². The third-order valence-electron chi connectivity index (χ3n) is 4.14. The highest BCUT2D eigenvalue weighted by Crippen LogP contribution is 2.11. The summed E-state index contributed by atoms with van der Waals surface area (Å²) in [4.78, 5) is 8.60. The minimum absolute atomic E-state index is 0.366. The van der Waals surface area contributed by atoms with Gasteiger partial charge in [-0.25, -0.2) is 5.10 Å². The molecule has 0 bridgehead atoms. The summed E-state index contributed by atoms with van der Waals surface area (Å²) in [6, 6.07) is 0.554. The SMILES string of the molecule is CCC(C)CCN(C)C(C)CCN(C)c1n[nH]c(N)n1. The number of nitrogen functional groups attached to an aromatic ring is 1. The Morgan fingerprint density at radius 1 is 1.20 bits per heavy atom. The molecule has 0 aliphatic rings. The summed E-state index contributed by atoms with van der Waals surface area (Å²) in [6.45, 7) is 8.93. The maximum absolute atomic E-state index is 5.54. The molecule has 0 saturated carbocycles. The average Bonchev–Trinajstić information content (AvgIpc) is 2.87. The van der Waals surface area contributed by atoms with Gasteiger partial charge in [0.2, 0.25) is 11.9 Å². The van der Waals surface area contributed by atoms with E-state index in [4.69, 9.17) is 5.73 Å². The maximum Gasteiger partial charge on any atom is 0.246 e. The summed E-state index contributed by atoms with van der Waals surface area (Å²) in [5.74, 6) is 1.84. The maximum atomic E-state index is 5.54. The Kier molecular flexibility index (Phi) is 6.78. The fourth-order valence-corrected chi connectivity index (χ4v) is 1.99. The molecule has 0 amide bonds. The zero-order chi connectivity index (χ0) is 15.1. The summed E-state index contributed by atoms with van der Waals surface area (Å²) in [7, 11) is 4.20. The van der Waals surface area contributed by atoms with Crippen LogP contribution in [0.25, 0.3) is 0 Å². The van der Waals surface area contributed by atoms with Crippen molar-refractivity contribution in [1.82, 2.24) is 20.1 Å². The third kappa shape index (κ3) is 5.36. The molecule has 116 valence electrons. The molecule has 6 nitrogen and oxygen atoms in total. The molecule has 0 radical (unpaired) electrons. The Hall–Kier alpha value is -1.30. The van der Waals surface area contributed by atoms with Crippen LogP contribution in [-0.2, 0) is 0 Å². The highest BCUT2D eigenvalue weighted by molar-refractivity contribution is 5.32. The predicted molar refractivity (Wildman–Crippen MR) is 84.8 cm³/mol. The van der Waals surface area contributed by atoms with Gasteiger partial charge in [0.05, 0.1) is 0 Å². The van der Waals surface area contributed by atoms with Crippen LogP contribution in [0.1, 0.15) is 40.0 Å². The molecule has 0 aromatic carbocycles. The van der Waals surface area contributed by atoms with Gasteiger partial charge in [0, 0.05) is 19.6 Å². The lowest BCUT2D eigenvalue weighted by Crippen LogP contribution is -2.34. The molecule has 2 unspecified atom stereocenters. The summed E-state index contributed by atoms with van der Waals surface area (Å²) in [5, 5.41) is 6.72. The second kappa shape index (κ2) is 8.09. The van der Waals surface area contributed by atoms with Crippen molar-refractivity contribution in [3.05, 3.63) is 0 Å². The van der Waals surface area contributed by atoms with Crippen molar-refractivity contribution in [2.45, 2.75) is 46.1 Å². The molecule has 1 heterocycles. The van der Waals surface area contributed by atoms with E-state index in [1.807, 2.05) is 11.9 Å². The van der Waals surface area contributed by atoms with E-state index in [1.54, 1.807) is 0 Å². The lowest BCUT2D eigenvalue weighted by molar-refractivity contribution is 0.231. The Balaban J connectivity index is 2.29. The summed E-state index contributed by atoms with van der Waals surface area (Å²) in [6.07, 6.45) is 3.61. The first kappa shape index (κ1) is 16.8. The zero-order valence-electron chi connectivity index (χ0n) is 13.6. The number of H-pyrrole nitrogens is 1. The van der Waals surface area contributed by atoms with Gasteiger partial charge in [0.15, 0.2) is 0 Å². The van der Waals surface area contributed by atoms with E-state index in [1.165, 1.54) is 12.8 Å². The number of aromatic amines is 1. The van der Waals surface area contributed by atoms with Gasteiger partial charge in [-0.1, -0.05) is 20.3 Å². The van der Waals surface area contributed by atoms with E-state index in [2.05, 4.69) is 47.9 Å². The van der Waals surface area contributed by atoms with Crippen LogP contribution >= 0.6 is 0 Å². The molecule has 1 aromatic heterocycles. The average molecular weight is 282 g/mol. The Morgan fingerprint density at radius 2 is 1.90 bits per heavy atom. The van der Waals surface area contributed by atoms with Crippen LogP contribution in [0, 0.1) is 5.92 Å². The normalized spacial score (nSPS) is 14.5. The van der Waals surface area contributed by atoms with Crippen molar-refractivity contribution < 1.29 is 0 Å². The summed E-state index contributed by atoms with van der Waals surface area (Å²) >= 11 is 0. The molecule has 1 rings (SSSR count). The van der Waals surface area contributed by atoms with Crippen LogP contribution in [0.4, 0.5) is 11.9 Å². The molecule has 0 fully saturated rings. The van der Waals surface area contributed by atoms with Gasteiger partial charge in [0.25, 0.3) is 0 Å². The highest BCUT2D eigenvalue weighted by Gasteiger charge is 2.13. The minimum atomic E-state index is 0.366. The predicted octanol–water partition coefficient (Wildman–Crippen LogP) is 1.97. The van der Waals surface area contributed by atoms with E-state index in [0.29, 0.717) is 17.9 Å². The molecular weight excluding hydrogens is 252 g/mol. The fraction of sp³-hybridized carbons (Fsp3) is 0.857. The molecule has 0 spiro atoms. The second-order valence-electron chi connectivity index (χ2n) is 5.86. The van der Waals surface area contributed by atoms with Crippen molar-refractivity contribution in [2.24, 2.45) is 5.92 Å². The number of aromatic nitrogens is 3. The van der Waals surface area contributed by atoms with Gasteiger partial charge < -0.3 is 15.5 Å². The lowest BCUT2D eigenvalue weighted by atomic mass is 10.0. The minimum Gasteiger partial charge on any atom is -0.368 e. The Bertz CT molecular complexity index is 377. The van der Waals surface area contributed by atoms with Crippen LogP contribution in [0.15, 0.2) is 0 Å². The van der Waals surface area contributed by atoms with Gasteiger partial charge >= 0.3 is 0 Å². The van der Waals surface area contributed by atoms with Crippen LogP contribution in [-0.4, -0.2) is 53.3 Å². The Morgan fingerprint density at radius 3 is 2.45 bits per heavy atom. The summed E-state index contributed by atoms with van der Waals surface area (Å²) in [5.41, 5.74) is 5.54. The number of nitrogens with zero attached hydrogens (tertiary/aromatic N) is 4. The first-order valence-corrected chi connectivity index (χ1v) is 7.53. The molecule has 0 saturated heterocycles. The third-order valence-corrected chi connectivity index (χ3v) is 4.14. The van der Waals surface area contributed by atoms with Crippen molar-refractivity contribution in [3.63, 3.8) is 0 Å². The van der Waals surface area contributed by atoms with Crippen LogP contribution in [0.3, 0.4) is 0 Å². The number of anilines is 2. The molecule has 3 N–H and O–H groups in total. The van der Waals surface area contributed by atoms with Crippen LogP contribution in [0.5, 0.6) is 0 Å². The van der Waals surface area contributed by atoms with Gasteiger partial charge in [-0.3, -0.25) is 0 Å². The topological polar surface area (TPSA) is 74.1 Å². The molecule has 0 aliphatic heterocycles. The van der Waals surface area contributed by atoms with Crippen LogP contribution < -0.4 is 10.6 Å². The smallest absolute Gasteiger partial charge is 0.246 e. The molecule has 1 aromatic rings. The molecule has 6 heteroatoms. The first-order valence-electron chi connectivity index (χ1n) is 7.53. The van der Waals surface area contributed by atoms with Gasteiger partial charge in [-0.15, -0.1) is 5.10 Å². The standard InChI is InChI=1S/C14H30N6/c1-6-11(2)7-9-19(4)12(3)8-10-20(5)14-16-13(15)17-18-14/h11-12H,6-10H2,1-5H3,(H3,15,16,17,18). The largest absolute Gasteiger partial charge is 0.368 e. The van der Waals surface area contributed by atoms with E-state index in [0.717, 1.165) is 25.4 Å². The molecule has 0 aliphatic carbocycles. The second-order valence-corrected chi connectivity index (χ2v) is 5.86. The van der Waals surface area contributed by atoms with Gasteiger partial charge in [-0.05, 0) is 39.3 Å². The lowest BCUT2D eigenvalue weighted by Gasteiger charge is -2.27. The van der Waals surface area contributed by atoms with Crippen LogP contribution in [0.2, 0.25) is 0 Å². The van der Waals surface area contributed by atoms with E-state index in [-0.39, 0.29) is 0 Å². The molecule has 2 atom stereocenters. The van der Waals surface area contributed by atoms with Crippen molar-refractivity contribution in [3.8, 4) is 0 Å². The number of nitrogens with two attached hydrogens (primary N) is 1. The quantitative estimate of drug-likeness (QED) is 0.724. The molecule has 20 heavy (non-hydrogen) atoms. The highest BCUT2D eigenvalue weighted by atomic mass is 15.4. The zero-order valence-corrected chi connectivity index (χ0v) is 13.6. The fourth-order valence-electron chi connectivity index (χ4n) is 1.99. The first-order chi connectivity index (χ1) is 9.43. The van der Waals surface area contributed by atoms with Crippen molar-refractivity contribution in [2.75, 3.05) is 37.8 Å². The number of nitrogens with one attached hydrogen (secondary N) is 1. The van der Waals surface area contributed by atoms with E-state index >= 15 is 0 Å².